The smallest absolute Gasteiger partial charge is 0.308 e. The number of benzene rings is 3. The van der Waals surface area contributed by atoms with Gasteiger partial charge in [0, 0.05) is 35.2 Å². The van der Waals surface area contributed by atoms with Crippen molar-refractivity contribution in [1.82, 2.24) is 4.90 Å². The number of halogens is 2. The third-order valence-corrected chi connectivity index (χ3v) is 7.66. The average molecular weight is 480 g/mol. The standard InChI is InChI=1S/C26H23F2N3O2S/c1-16-3-8-20(9-4-16)29-25(33)31-11-12-34-26(31)21-13-17(2)5-10-23(21)30(24(26)32)15-18-6-7-19(27)14-22(18)28/h3-10,13-14H,11-12,15H2,1-2H3,(H,29,33). The van der Waals surface area contributed by atoms with Gasteiger partial charge in [-0.15, -0.1) is 11.8 Å². The van der Waals surface area contributed by atoms with Crippen molar-refractivity contribution in [1.29, 1.82) is 0 Å². The number of carbonyl (C=O) groups is 2. The highest BCUT2D eigenvalue weighted by Crippen LogP contribution is 2.54. The van der Waals surface area contributed by atoms with Gasteiger partial charge in [0.1, 0.15) is 11.6 Å². The third kappa shape index (κ3) is 3.62. The number of urea groups is 1. The fourth-order valence-corrected chi connectivity index (χ4v) is 5.99. The molecule has 5 nitrogen and oxygen atoms in total. The van der Waals surface area contributed by atoms with Crippen LogP contribution in [0, 0.1) is 25.5 Å². The Balaban J connectivity index is 1.53. The number of aryl methyl sites for hydroxylation is 2. The molecule has 34 heavy (non-hydrogen) atoms. The first-order chi connectivity index (χ1) is 16.3. The summed E-state index contributed by atoms with van der Waals surface area (Å²) in [4.78, 5) is 29.2. The molecule has 1 fully saturated rings. The molecule has 0 bridgehead atoms. The van der Waals surface area contributed by atoms with Crippen LogP contribution in [0.15, 0.2) is 60.7 Å². The molecule has 3 amide bonds. The summed E-state index contributed by atoms with van der Waals surface area (Å²) in [6.45, 7) is 4.22. The van der Waals surface area contributed by atoms with Crippen LogP contribution in [0.25, 0.3) is 0 Å². The molecule has 1 saturated heterocycles. The maximum Gasteiger partial charge on any atom is 0.323 e. The van der Waals surface area contributed by atoms with Gasteiger partial charge in [-0.1, -0.05) is 41.5 Å². The highest BCUT2D eigenvalue weighted by molar-refractivity contribution is 8.01. The number of anilines is 2. The molecule has 2 aliphatic heterocycles. The second-order valence-corrected chi connectivity index (χ2v) is 9.88. The van der Waals surface area contributed by atoms with Crippen molar-refractivity contribution in [2.24, 2.45) is 0 Å². The first-order valence-electron chi connectivity index (χ1n) is 11.0. The Morgan fingerprint density at radius 2 is 1.76 bits per heavy atom. The Bertz CT molecular complexity index is 1300. The normalized spacial score (nSPS) is 19.1. The lowest BCUT2D eigenvalue weighted by atomic mass is 10.0. The number of thioether (sulfide) groups is 1. The maximum atomic E-state index is 14.5. The van der Waals surface area contributed by atoms with Crippen molar-refractivity contribution < 1.29 is 18.4 Å². The second kappa shape index (κ2) is 8.43. The van der Waals surface area contributed by atoms with Gasteiger partial charge in [0.2, 0.25) is 0 Å². The van der Waals surface area contributed by atoms with Crippen LogP contribution in [0.1, 0.15) is 22.3 Å². The zero-order chi connectivity index (χ0) is 24.0. The Labute approximate surface area is 200 Å². The van der Waals surface area contributed by atoms with Crippen molar-refractivity contribution in [3.8, 4) is 0 Å². The van der Waals surface area contributed by atoms with Gasteiger partial charge in [0.15, 0.2) is 4.87 Å². The molecule has 1 N–H and O–H groups in total. The van der Waals surface area contributed by atoms with Crippen molar-refractivity contribution in [3.05, 3.63) is 94.6 Å². The van der Waals surface area contributed by atoms with Gasteiger partial charge in [0.05, 0.1) is 12.2 Å². The van der Waals surface area contributed by atoms with E-state index >= 15 is 0 Å². The van der Waals surface area contributed by atoms with Crippen molar-refractivity contribution in [3.63, 3.8) is 0 Å². The molecule has 0 aliphatic carbocycles. The van der Waals surface area contributed by atoms with Crippen LogP contribution in [0.2, 0.25) is 0 Å². The summed E-state index contributed by atoms with van der Waals surface area (Å²) in [5.74, 6) is -1.11. The SMILES string of the molecule is Cc1ccc(NC(=O)N2CCSC23C(=O)N(Cc2ccc(F)cc2F)c2ccc(C)cc23)cc1. The number of rotatable bonds is 3. The fraction of sp³-hybridized carbons (Fsp3) is 0.231. The predicted octanol–water partition coefficient (Wildman–Crippen LogP) is 5.56. The van der Waals surface area contributed by atoms with Crippen LogP contribution in [-0.2, 0) is 16.2 Å². The third-order valence-electron chi connectivity index (χ3n) is 6.24. The Kier molecular flexibility index (Phi) is 5.56. The lowest BCUT2D eigenvalue weighted by Gasteiger charge is -2.33. The van der Waals surface area contributed by atoms with E-state index in [4.69, 9.17) is 0 Å². The molecule has 0 saturated carbocycles. The fourth-order valence-electron chi connectivity index (χ4n) is 4.53. The summed E-state index contributed by atoms with van der Waals surface area (Å²) in [6.07, 6.45) is 0. The summed E-state index contributed by atoms with van der Waals surface area (Å²) in [6, 6.07) is 16.0. The van der Waals surface area contributed by atoms with E-state index in [1.807, 2.05) is 56.3 Å². The van der Waals surface area contributed by atoms with Gasteiger partial charge in [-0.3, -0.25) is 9.69 Å². The minimum Gasteiger partial charge on any atom is -0.308 e. The second-order valence-electron chi connectivity index (χ2n) is 8.59. The molecular formula is C26H23F2N3O2S. The summed E-state index contributed by atoms with van der Waals surface area (Å²) in [5, 5.41) is 2.91. The molecule has 174 valence electrons. The summed E-state index contributed by atoms with van der Waals surface area (Å²) in [7, 11) is 0. The Hall–Kier alpha value is -3.39. The van der Waals surface area contributed by atoms with Gasteiger partial charge < -0.3 is 10.2 Å². The van der Waals surface area contributed by atoms with E-state index in [1.165, 1.54) is 28.8 Å². The summed E-state index contributed by atoms with van der Waals surface area (Å²) in [5.41, 5.74) is 4.21. The van der Waals surface area contributed by atoms with Crippen molar-refractivity contribution in [2.45, 2.75) is 25.3 Å². The van der Waals surface area contributed by atoms with E-state index in [2.05, 4.69) is 5.32 Å². The first-order valence-corrected chi connectivity index (χ1v) is 11.9. The van der Waals surface area contributed by atoms with Crippen molar-refractivity contribution in [2.75, 3.05) is 22.5 Å². The van der Waals surface area contributed by atoms with Crippen molar-refractivity contribution >= 4 is 35.1 Å². The van der Waals surface area contributed by atoms with Gasteiger partial charge in [-0.05, 0) is 38.1 Å². The molecule has 1 unspecified atom stereocenters. The largest absolute Gasteiger partial charge is 0.323 e. The van der Waals surface area contributed by atoms with Gasteiger partial charge in [-0.2, -0.15) is 0 Å². The molecule has 3 aromatic rings. The van der Waals surface area contributed by atoms with Gasteiger partial charge >= 0.3 is 6.03 Å². The van der Waals surface area contributed by atoms with Crippen LogP contribution in [0.5, 0.6) is 0 Å². The zero-order valence-electron chi connectivity index (χ0n) is 18.8. The Morgan fingerprint density at radius 3 is 2.50 bits per heavy atom. The number of nitrogens with one attached hydrogen (secondary N) is 1. The van der Waals surface area contributed by atoms with Crippen LogP contribution in [0.4, 0.5) is 25.0 Å². The number of amides is 3. The minimum atomic E-state index is -1.24. The monoisotopic (exact) mass is 479 g/mol. The average Bonchev–Trinajstić information content (AvgIpc) is 3.34. The number of hydrogen-bond acceptors (Lipinski definition) is 3. The summed E-state index contributed by atoms with van der Waals surface area (Å²) >= 11 is 1.40. The number of fused-ring (bicyclic) bond motifs is 2. The van der Waals surface area contributed by atoms with E-state index in [-0.39, 0.29) is 24.0 Å². The summed E-state index contributed by atoms with van der Waals surface area (Å²) < 4.78 is 27.9. The van der Waals surface area contributed by atoms with E-state index in [0.29, 0.717) is 29.2 Å². The number of nitrogens with zero attached hydrogens (tertiary/aromatic N) is 2. The maximum absolute atomic E-state index is 14.5. The molecule has 2 heterocycles. The lowest BCUT2D eigenvalue weighted by Crippen LogP contribution is -2.51. The van der Waals surface area contributed by atoms with Gasteiger partial charge in [-0.25, -0.2) is 13.6 Å². The van der Waals surface area contributed by atoms with E-state index in [0.717, 1.165) is 17.2 Å². The topological polar surface area (TPSA) is 52.7 Å². The van der Waals surface area contributed by atoms with E-state index < -0.39 is 16.5 Å². The van der Waals surface area contributed by atoms with Crippen LogP contribution in [0.3, 0.4) is 0 Å². The Morgan fingerprint density at radius 1 is 1.03 bits per heavy atom. The van der Waals surface area contributed by atoms with E-state index in [1.54, 1.807) is 4.90 Å². The first kappa shape index (κ1) is 22.4. The molecule has 8 heteroatoms. The highest BCUT2D eigenvalue weighted by Gasteiger charge is 2.59. The molecule has 2 aliphatic rings. The molecule has 3 aromatic carbocycles. The quantitative estimate of drug-likeness (QED) is 0.535. The van der Waals surface area contributed by atoms with Crippen LogP contribution >= 0.6 is 11.8 Å². The van der Waals surface area contributed by atoms with E-state index in [9.17, 15) is 18.4 Å². The van der Waals surface area contributed by atoms with Crippen LogP contribution < -0.4 is 10.2 Å². The molecule has 1 spiro atoms. The van der Waals surface area contributed by atoms with Crippen LogP contribution in [-0.4, -0.2) is 29.1 Å². The minimum absolute atomic E-state index is 0.0588. The molecular weight excluding hydrogens is 456 g/mol. The molecule has 1 atom stereocenters. The molecule has 0 radical (unpaired) electrons. The molecule has 5 rings (SSSR count). The number of hydrogen-bond donors (Lipinski definition) is 1. The highest BCUT2D eigenvalue weighted by atomic mass is 32.2. The lowest BCUT2D eigenvalue weighted by molar-refractivity contribution is -0.123. The zero-order valence-corrected chi connectivity index (χ0v) is 19.6. The van der Waals surface area contributed by atoms with Gasteiger partial charge in [0.25, 0.3) is 5.91 Å². The predicted molar refractivity (Wildman–Crippen MR) is 130 cm³/mol. The number of carbonyl (C=O) groups excluding carboxylic acids is 2. The molecule has 0 aromatic heterocycles.